The molecule has 15 heteroatoms. The molecule has 1 saturated heterocycles. The van der Waals surface area contributed by atoms with Gasteiger partial charge in [-0.3, -0.25) is 19.2 Å². The zero-order valence-corrected chi connectivity index (χ0v) is 34.1. The summed E-state index contributed by atoms with van der Waals surface area (Å²) in [5, 5.41) is 11.0. The van der Waals surface area contributed by atoms with E-state index in [1.54, 1.807) is 20.8 Å². The molecule has 308 valence electrons. The van der Waals surface area contributed by atoms with Gasteiger partial charge in [0.2, 0.25) is 24.0 Å². The van der Waals surface area contributed by atoms with Crippen LogP contribution < -0.4 is 21.3 Å². The predicted molar refractivity (Wildman–Crippen MR) is 204 cm³/mol. The quantitative estimate of drug-likeness (QED) is 0.123. The Morgan fingerprint density at radius 1 is 0.944 bits per heavy atom. The predicted octanol–water partition coefficient (Wildman–Crippen LogP) is 5.21. The van der Waals surface area contributed by atoms with Crippen molar-refractivity contribution in [1.82, 2.24) is 26.2 Å². The summed E-state index contributed by atoms with van der Waals surface area (Å²) in [4.78, 5) is 70.2. The number of nitrogens with one attached hydrogen (secondary N) is 4. The van der Waals surface area contributed by atoms with Gasteiger partial charge in [-0.1, -0.05) is 65.4 Å². The van der Waals surface area contributed by atoms with Crippen LogP contribution in [0.3, 0.4) is 0 Å². The summed E-state index contributed by atoms with van der Waals surface area (Å²) in [6.45, 7) is 14.5. The molecule has 1 heterocycles. The van der Waals surface area contributed by atoms with Crippen LogP contribution in [0.5, 0.6) is 0 Å². The fraction of sp³-hybridized carbons (Fsp3) is 0.821. The zero-order chi connectivity index (χ0) is 40.5. The van der Waals surface area contributed by atoms with Crippen molar-refractivity contribution in [3.63, 3.8) is 0 Å². The third-order valence-electron chi connectivity index (χ3n) is 11.9. The number of halogens is 2. The van der Waals surface area contributed by atoms with E-state index >= 15 is 0 Å². The molecule has 0 aromatic heterocycles. The number of sulfone groups is 1. The maximum atomic E-state index is 14.8. The van der Waals surface area contributed by atoms with Crippen LogP contribution in [0.4, 0.5) is 13.6 Å². The molecule has 3 rings (SSSR count). The van der Waals surface area contributed by atoms with Gasteiger partial charge < -0.3 is 26.2 Å². The zero-order valence-electron chi connectivity index (χ0n) is 33.2. The lowest BCUT2D eigenvalue weighted by atomic mass is 9.71. The molecular weight excluding hydrogens is 721 g/mol. The molecule has 12 nitrogen and oxygen atoms in total. The van der Waals surface area contributed by atoms with E-state index in [-0.39, 0.29) is 49.9 Å². The summed E-state index contributed by atoms with van der Waals surface area (Å²) < 4.78 is 51.9. The minimum atomic E-state index is -3.61. The number of carbonyl (C=O) groups is 5. The average Bonchev–Trinajstić information content (AvgIpc) is 3.09. The van der Waals surface area contributed by atoms with Gasteiger partial charge in [0.25, 0.3) is 5.91 Å². The molecule has 0 radical (unpaired) electrons. The summed E-state index contributed by atoms with van der Waals surface area (Å²) in [5.41, 5.74) is -1.42. The monoisotopic (exact) mass is 785 g/mol. The topological polar surface area (TPSA) is 171 Å². The first-order chi connectivity index (χ1) is 25.1. The fourth-order valence-electron chi connectivity index (χ4n) is 7.94. The molecule has 2 saturated carbocycles. The number of hydrogen-bond donors (Lipinski definition) is 4. The highest BCUT2D eigenvalue weighted by Crippen LogP contribution is 2.40. The van der Waals surface area contributed by atoms with Crippen molar-refractivity contribution in [2.24, 2.45) is 17.3 Å². The molecular formula is C39H65F2N5O7S. The third kappa shape index (κ3) is 12.2. The Labute approximate surface area is 321 Å². The molecule has 5 amide bonds. The van der Waals surface area contributed by atoms with E-state index in [1.165, 1.54) is 11.0 Å². The van der Waals surface area contributed by atoms with E-state index in [1.807, 2.05) is 20.8 Å². The number of carbonyl (C=O) groups excluding carboxylic acids is 5. The maximum absolute atomic E-state index is 14.8. The third-order valence-corrected chi connectivity index (χ3v) is 14.7. The Hall–Kier alpha value is -3.10. The van der Waals surface area contributed by atoms with Crippen molar-refractivity contribution in [1.29, 1.82) is 0 Å². The number of amides is 5. The standard InChI is InChI=1S/C39H65F2N5O7S/c1-8-22-42-34(49)32(47)28(18-15-19-30(40)41)43-33(48)29-23-38(6,7)26(2)24-46(29)35(50)31(27-16-11-9-12-17-27)44-36(51)45-39(20-13-10-14-21-39)25-54(52,53)37(3,4)5/h8,26-31H,1,9-25H2,2-7H3,(H,42,49)(H,43,48)(H2,44,45,51)/t26?,28-,29-,31-/m0/s1. The van der Waals surface area contributed by atoms with Crippen molar-refractivity contribution < 1.29 is 41.2 Å². The first-order valence-corrected chi connectivity index (χ1v) is 21.4. The van der Waals surface area contributed by atoms with Crippen LogP contribution in [0.25, 0.3) is 0 Å². The Morgan fingerprint density at radius 2 is 1.56 bits per heavy atom. The van der Waals surface area contributed by atoms with Gasteiger partial charge >= 0.3 is 6.03 Å². The number of likely N-dealkylation sites (tertiary alicyclic amines) is 1. The number of rotatable bonds is 16. The molecule has 1 unspecified atom stereocenters. The van der Waals surface area contributed by atoms with Crippen molar-refractivity contribution in [3.05, 3.63) is 12.7 Å². The second-order valence-corrected chi connectivity index (χ2v) is 20.3. The normalized spacial score (nSPS) is 23.1. The van der Waals surface area contributed by atoms with Gasteiger partial charge in [0.05, 0.1) is 22.1 Å². The average molecular weight is 786 g/mol. The van der Waals surface area contributed by atoms with Gasteiger partial charge in [-0.15, -0.1) is 6.58 Å². The molecule has 0 aromatic rings. The van der Waals surface area contributed by atoms with Crippen molar-refractivity contribution >= 4 is 39.4 Å². The SMILES string of the molecule is C=CCNC(=O)C(=O)[C@H](CCCC(F)F)NC(=O)[C@@H]1CC(C)(C)C(C)CN1C(=O)[C@@H](NC(=O)NC1(CS(=O)(=O)C(C)(C)C)CCCCC1)C1CCCCC1. The van der Waals surface area contributed by atoms with E-state index in [2.05, 4.69) is 27.8 Å². The molecule has 4 N–H and O–H groups in total. The van der Waals surface area contributed by atoms with Crippen LogP contribution >= 0.6 is 0 Å². The summed E-state index contributed by atoms with van der Waals surface area (Å²) in [7, 11) is -3.61. The summed E-state index contributed by atoms with van der Waals surface area (Å²) in [5.74, 6) is -3.62. The highest BCUT2D eigenvalue weighted by molar-refractivity contribution is 7.92. The van der Waals surface area contributed by atoms with E-state index in [9.17, 15) is 41.2 Å². The Balaban J connectivity index is 1.94. The smallest absolute Gasteiger partial charge is 0.315 e. The molecule has 4 atom stereocenters. The molecule has 0 spiro atoms. The van der Waals surface area contributed by atoms with Crippen LogP contribution in [0.2, 0.25) is 0 Å². The highest BCUT2D eigenvalue weighted by atomic mass is 32.2. The maximum Gasteiger partial charge on any atom is 0.315 e. The fourth-order valence-corrected chi connectivity index (χ4v) is 9.46. The molecule has 1 aliphatic heterocycles. The van der Waals surface area contributed by atoms with E-state index < -0.39 is 86.0 Å². The minimum absolute atomic E-state index is 0.00406. The van der Waals surface area contributed by atoms with Crippen molar-refractivity contribution in [2.45, 2.75) is 166 Å². The molecule has 54 heavy (non-hydrogen) atoms. The Kier molecular flexibility index (Phi) is 16.1. The van der Waals surface area contributed by atoms with Crippen molar-refractivity contribution in [3.8, 4) is 0 Å². The first-order valence-electron chi connectivity index (χ1n) is 19.8. The Morgan fingerprint density at radius 3 is 2.13 bits per heavy atom. The lowest BCUT2D eigenvalue weighted by molar-refractivity contribution is -0.151. The highest BCUT2D eigenvalue weighted by Gasteiger charge is 2.48. The van der Waals surface area contributed by atoms with Crippen LogP contribution in [0, 0.1) is 17.3 Å². The number of hydrogen-bond acceptors (Lipinski definition) is 7. The first kappa shape index (κ1) is 45.3. The second kappa shape index (κ2) is 19.2. The lowest BCUT2D eigenvalue weighted by Crippen LogP contribution is -2.65. The molecule has 2 aliphatic carbocycles. The van der Waals surface area contributed by atoms with E-state index in [0.29, 0.717) is 25.7 Å². The van der Waals surface area contributed by atoms with E-state index in [4.69, 9.17) is 0 Å². The van der Waals surface area contributed by atoms with Gasteiger partial charge in [-0.25, -0.2) is 22.0 Å². The number of alkyl halides is 2. The van der Waals surface area contributed by atoms with Gasteiger partial charge in [0.1, 0.15) is 12.1 Å². The number of nitrogens with zero attached hydrogens (tertiary/aromatic N) is 1. The number of piperidine rings is 1. The van der Waals surface area contributed by atoms with E-state index in [0.717, 1.165) is 38.5 Å². The number of urea groups is 1. The Bertz CT molecular complexity index is 1450. The summed E-state index contributed by atoms with van der Waals surface area (Å²) >= 11 is 0. The van der Waals surface area contributed by atoms with Crippen LogP contribution in [-0.2, 0) is 29.0 Å². The minimum Gasteiger partial charge on any atom is -0.346 e. The summed E-state index contributed by atoms with van der Waals surface area (Å²) in [6.07, 6.45) is 5.57. The van der Waals surface area contributed by atoms with Crippen LogP contribution in [-0.4, -0.2) is 96.5 Å². The molecule has 0 aromatic carbocycles. The van der Waals surface area contributed by atoms with Crippen molar-refractivity contribution in [2.75, 3.05) is 18.8 Å². The van der Waals surface area contributed by atoms with Gasteiger partial charge in [0, 0.05) is 19.5 Å². The molecule has 3 fully saturated rings. The van der Waals surface area contributed by atoms with Gasteiger partial charge in [0.15, 0.2) is 9.84 Å². The second-order valence-electron chi connectivity index (χ2n) is 17.5. The largest absolute Gasteiger partial charge is 0.346 e. The number of Topliss-reactive ketones (excluding diaryl/α,β-unsaturated/α-hetero) is 1. The lowest BCUT2D eigenvalue weighted by Gasteiger charge is -2.48. The summed E-state index contributed by atoms with van der Waals surface area (Å²) in [6, 6.07) is -4.12. The van der Waals surface area contributed by atoms with Gasteiger partial charge in [-0.2, -0.15) is 0 Å². The van der Waals surface area contributed by atoms with Crippen LogP contribution in [0.15, 0.2) is 12.7 Å². The molecule has 0 bridgehead atoms. The van der Waals surface area contributed by atoms with Crippen LogP contribution in [0.1, 0.15) is 131 Å². The van der Waals surface area contributed by atoms with Gasteiger partial charge in [-0.05, 0) is 83.0 Å². The number of ketones is 1. The molecule has 3 aliphatic rings.